The fourth-order valence-corrected chi connectivity index (χ4v) is 1.98. The molecule has 1 aliphatic carbocycles. The van der Waals surface area contributed by atoms with Crippen molar-refractivity contribution in [3.05, 3.63) is 29.8 Å². The number of oxime groups is 1. The van der Waals surface area contributed by atoms with Crippen LogP contribution in [0.4, 0.5) is 5.69 Å². The molecule has 0 bridgehead atoms. The monoisotopic (exact) mass is 233 g/mol. The van der Waals surface area contributed by atoms with Crippen molar-refractivity contribution in [3.8, 4) is 0 Å². The van der Waals surface area contributed by atoms with E-state index < -0.39 is 0 Å². The third-order valence-electron chi connectivity index (χ3n) is 3.27. The number of benzene rings is 1. The van der Waals surface area contributed by atoms with Gasteiger partial charge >= 0.3 is 0 Å². The number of rotatable bonds is 5. The first-order chi connectivity index (χ1) is 8.22. The third kappa shape index (κ3) is 2.90. The summed E-state index contributed by atoms with van der Waals surface area (Å²) in [4.78, 5) is 2.17. The second-order valence-corrected chi connectivity index (χ2v) is 4.66. The molecule has 0 aliphatic heterocycles. The molecule has 0 radical (unpaired) electrons. The molecule has 0 heterocycles. The Morgan fingerprint density at radius 2 is 2.18 bits per heavy atom. The standard InChI is InChI=1S/C13H19N3O/c1-16(9-8-10-6-7-10)12-5-3-2-4-11(12)13(14)15-17/h2-5,10,17H,6-9H2,1H3,(H2,14,15). The van der Waals surface area contributed by atoms with Gasteiger partial charge < -0.3 is 15.8 Å². The van der Waals surface area contributed by atoms with E-state index in [1.807, 2.05) is 31.3 Å². The zero-order valence-electron chi connectivity index (χ0n) is 10.1. The molecule has 0 atom stereocenters. The predicted octanol–water partition coefficient (Wildman–Crippen LogP) is 2.02. The summed E-state index contributed by atoms with van der Waals surface area (Å²) >= 11 is 0. The Balaban J connectivity index is 2.11. The minimum atomic E-state index is 0.166. The number of nitrogens with two attached hydrogens (primary N) is 1. The second kappa shape index (κ2) is 5.08. The SMILES string of the molecule is CN(CCC1CC1)c1ccccc1C(N)=NO. The first kappa shape index (κ1) is 11.8. The van der Waals surface area contributed by atoms with Gasteiger partial charge in [-0.15, -0.1) is 0 Å². The van der Waals surface area contributed by atoms with Gasteiger partial charge in [-0.3, -0.25) is 0 Å². The van der Waals surface area contributed by atoms with Crippen LogP contribution in [0.3, 0.4) is 0 Å². The molecule has 17 heavy (non-hydrogen) atoms. The summed E-state index contributed by atoms with van der Waals surface area (Å²) in [6, 6.07) is 7.74. The molecule has 92 valence electrons. The van der Waals surface area contributed by atoms with Crippen LogP contribution in [0.1, 0.15) is 24.8 Å². The van der Waals surface area contributed by atoms with Crippen LogP contribution in [0.2, 0.25) is 0 Å². The molecule has 4 heteroatoms. The molecular formula is C13H19N3O. The van der Waals surface area contributed by atoms with E-state index in [2.05, 4.69) is 10.1 Å². The van der Waals surface area contributed by atoms with Crippen molar-refractivity contribution in [2.75, 3.05) is 18.5 Å². The van der Waals surface area contributed by atoms with Crippen LogP contribution >= 0.6 is 0 Å². The Morgan fingerprint density at radius 3 is 2.82 bits per heavy atom. The molecule has 1 fully saturated rings. The van der Waals surface area contributed by atoms with Crippen molar-refractivity contribution in [1.82, 2.24) is 0 Å². The molecule has 0 aromatic heterocycles. The Hall–Kier alpha value is -1.71. The van der Waals surface area contributed by atoms with Crippen LogP contribution in [-0.2, 0) is 0 Å². The number of amidine groups is 1. The second-order valence-electron chi connectivity index (χ2n) is 4.66. The minimum absolute atomic E-state index is 0.166. The van der Waals surface area contributed by atoms with Gasteiger partial charge in [-0.2, -0.15) is 0 Å². The van der Waals surface area contributed by atoms with Crippen LogP contribution in [0.25, 0.3) is 0 Å². The molecule has 4 nitrogen and oxygen atoms in total. The number of hydrogen-bond acceptors (Lipinski definition) is 3. The van der Waals surface area contributed by atoms with E-state index in [1.54, 1.807) is 0 Å². The highest BCUT2D eigenvalue weighted by molar-refractivity contribution is 6.02. The van der Waals surface area contributed by atoms with Gasteiger partial charge in [0.05, 0.1) is 0 Å². The zero-order valence-corrected chi connectivity index (χ0v) is 10.1. The highest BCUT2D eigenvalue weighted by Crippen LogP contribution is 2.33. The smallest absolute Gasteiger partial charge is 0.172 e. The third-order valence-corrected chi connectivity index (χ3v) is 3.27. The summed E-state index contributed by atoms with van der Waals surface area (Å²) < 4.78 is 0. The first-order valence-corrected chi connectivity index (χ1v) is 6.00. The Morgan fingerprint density at radius 1 is 1.47 bits per heavy atom. The molecule has 1 aromatic rings. The highest BCUT2D eigenvalue weighted by atomic mass is 16.4. The lowest BCUT2D eigenvalue weighted by atomic mass is 10.1. The van der Waals surface area contributed by atoms with Crippen molar-refractivity contribution < 1.29 is 5.21 Å². The van der Waals surface area contributed by atoms with Gasteiger partial charge in [0.15, 0.2) is 5.84 Å². The van der Waals surface area contributed by atoms with Crippen molar-refractivity contribution >= 4 is 11.5 Å². The van der Waals surface area contributed by atoms with E-state index >= 15 is 0 Å². The molecule has 2 rings (SSSR count). The lowest BCUT2D eigenvalue weighted by Gasteiger charge is -2.21. The fraction of sp³-hybridized carbons (Fsp3) is 0.462. The van der Waals surface area contributed by atoms with Gasteiger partial charge in [0.1, 0.15) is 0 Å². The summed E-state index contributed by atoms with van der Waals surface area (Å²) in [7, 11) is 2.05. The molecule has 1 aromatic carbocycles. The van der Waals surface area contributed by atoms with E-state index in [1.165, 1.54) is 19.3 Å². The summed E-state index contributed by atoms with van der Waals surface area (Å²) in [5, 5.41) is 11.8. The first-order valence-electron chi connectivity index (χ1n) is 6.00. The maximum atomic E-state index is 8.77. The van der Waals surface area contributed by atoms with Gasteiger partial charge in [0, 0.05) is 24.8 Å². The van der Waals surface area contributed by atoms with Gasteiger partial charge in [-0.25, -0.2) is 0 Å². The molecule has 1 aliphatic rings. The van der Waals surface area contributed by atoms with Crippen molar-refractivity contribution in [2.45, 2.75) is 19.3 Å². The zero-order chi connectivity index (χ0) is 12.3. The van der Waals surface area contributed by atoms with E-state index in [9.17, 15) is 0 Å². The summed E-state index contributed by atoms with van der Waals surface area (Å²) in [6.45, 7) is 1.01. The average Bonchev–Trinajstić information content (AvgIpc) is 3.19. The summed E-state index contributed by atoms with van der Waals surface area (Å²) in [5.74, 6) is 1.08. The quantitative estimate of drug-likeness (QED) is 0.354. The summed E-state index contributed by atoms with van der Waals surface area (Å²) in [5.41, 5.74) is 7.48. The normalized spacial score (nSPS) is 15.9. The molecule has 3 N–H and O–H groups in total. The van der Waals surface area contributed by atoms with Crippen molar-refractivity contribution in [2.24, 2.45) is 16.8 Å². The van der Waals surface area contributed by atoms with E-state index in [0.717, 1.165) is 23.7 Å². The van der Waals surface area contributed by atoms with Crippen molar-refractivity contribution in [3.63, 3.8) is 0 Å². The largest absolute Gasteiger partial charge is 0.409 e. The Kier molecular flexibility index (Phi) is 3.52. The van der Waals surface area contributed by atoms with Crippen LogP contribution in [0, 0.1) is 5.92 Å². The maximum Gasteiger partial charge on any atom is 0.172 e. The van der Waals surface area contributed by atoms with Gasteiger partial charge in [-0.1, -0.05) is 30.1 Å². The van der Waals surface area contributed by atoms with Gasteiger partial charge in [-0.05, 0) is 24.5 Å². The maximum absolute atomic E-state index is 8.77. The van der Waals surface area contributed by atoms with Crippen LogP contribution in [0.15, 0.2) is 29.4 Å². The predicted molar refractivity (Wildman–Crippen MR) is 69.6 cm³/mol. The van der Waals surface area contributed by atoms with Crippen LogP contribution in [0.5, 0.6) is 0 Å². The molecule has 0 saturated heterocycles. The van der Waals surface area contributed by atoms with Crippen LogP contribution in [-0.4, -0.2) is 24.6 Å². The topological polar surface area (TPSA) is 61.8 Å². The Bertz CT molecular complexity index is 413. The molecule has 0 unspecified atom stereocenters. The van der Waals surface area contributed by atoms with E-state index in [-0.39, 0.29) is 5.84 Å². The number of para-hydroxylation sites is 1. The average molecular weight is 233 g/mol. The van der Waals surface area contributed by atoms with Crippen LogP contribution < -0.4 is 10.6 Å². The lowest BCUT2D eigenvalue weighted by Crippen LogP contribution is -2.24. The fourth-order valence-electron chi connectivity index (χ4n) is 1.98. The molecule has 0 amide bonds. The lowest BCUT2D eigenvalue weighted by molar-refractivity contribution is 0.318. The Labute approximate surface area is 102 Å². The summed E-state index contributed by atoms with van der Waals surface area (Å²) in [6.07, 6.45) is 3.96. The molecule has 0 spiro atoms. The van der Waals surface area contributed by atoms with Crippen molar-refractivity contribution in [1.29, 1.82) is 0 Å². The highest BCUT2D eigenvalue weighted by Gasteiger charge is 2.21. The van der Waals surface area contributed by atoms with E-state index in [0.29, 0.717) is 0 Å². The molecule has 1 saturated carbocycles. The number of hydrogen-bond donors (Lipinski definition) is 2. The van der Waals surface area contributed by atoms with Gasteiger partial charge in [0.2, 0.25) is 0 Å². The molecular weight excluding hydrogens is 214 g/mol. The number of nitrogens with zero attached hydrogens (tertiary/aromatic N) is 2. The van der Waals surface area contributed by atoms with Gasteiger partial charge in [0.25, 0.3) is 0 Å². The van der Waals surface area contributed by atoms with E-state index in [4.69, 9.17) is 10.9 Å². The number of anilines is 1. The minimum Gasteiger partial charge on any atom is -0.409 e.